The molecule has 0 amide bonds. The number of aliphatic carboxylic acids is 2. The standard InChI is InChI=1S/2C8H14O3.2C3H8O.Zr/c2*1-5(7(10)11)6(9)8(2,3)4;2*1-2-3-4;/h2*5H,1-4H3,(H,10,11);2*4H,2-3H2,1H3;/q;;;;+2/p-2. The molecular weight excluding hydrogens is 483 g/mol. The van der Waals surface area contributed by atoms with Crippen molar-refractivity contribution in [2.24, 2.45) is 22.7 Å². The van der Waals surface area contributed by atoms with E-state index < -0.39 is 34.6 Å². The van der Waals surface area contributed by atoms with Gasteiger partial charge >= 0.3 is 26.2 Å². The summed E-state index contributed by atoms with van der Waals surface area (Å²) in [5.41, 5.74) is -1.20. The smallest absolute Gasteiger partial charge is 0.549 e. The van der Waals surface area contributed by atoms with Crippen LogP contribution in [0.1, 0.15) is 82.1 Å². The van der Waals surface area contributed by atoms with Gasteiger partial charge in [0.05, 0.1) is 23.8 Å². The molecule has 2 atom stereocenters. The van der Waals surface area contributed by atoms with E-state index in [-0.39, 0.29) is 37.8 Å². The van der Waals surface area contributed by atoms with E-state index in [4.69, 9.17) is 10.2 Å². The average Bonchev–Trinajstić information content (AvgIpc) is 2.64. The molecule has 0 aromatic rings. The van der Waals surface area contributed by atoms with Crippen LogP contribution < -0.4 is 10.2 Å². The van der Waals surface area contributed by atoms with Crippen LogP contribution in [-0.4, -0.2) is 46.9 Å². The van der Waals surface area contributed by atoms with E-state index in [0.29, 0.717) is 13.2 Å². The molecule has 2 unspecified atom stereocenters. The fraction of sp³-hybridized carbons (Fsp3) is 0.818. The molecule has 0 radical (unpaired) electrons. The van der Waals surface area contributed by atoms with Crippen LogP contribution in [-0.2, 0) is 45.4 Å². The van der Waals surface area contributed by atoms with E-state index in [0.717, 1.165) is 12.8 Å². The van der Waals surface area contributed by atoms with Crippen LogP contribution in [0, 0.1) is 22.7 Å². The summed E-state index contributed by atoms with van der Waals surface area (Å²) < 4.78 is 0. The van der Waals surface area contributed by atoms with Gasteiger partial charge in [-0.2, -0.15) is 0 Å². The van der Waals surface area contributed by atoms with Crippen LogP contribution in [0.25, 0.3) is 0 Å². The van der Waals surface area contributed by atoms with E-state index >= 15 is 0 Å². The third-order valence-corrected chi connectivity index (χ3v) is 3.42. The first-order chi connectivity index (χ1) is 13.4. The normalized spacial score (nSPS) is 12.0. The van der Waals surface area contributed by atoms with Crippen molar-refractivity contribution in [1.82, 2.24) is 0 Å². The van der Waals surface area contributed by atoms with Gasteiger partial charge in [-0.1, -0.05) is 69.2 Å². The zero-order chi connectivity index (χ0) is 25.3. The summed E-state index contributed by atoms with van der Waals surface area (Å²) in [7, 11) is 0. The van der Waals surface area contributed by atoms with Gasteiger partial charge in [-0.3, -0.25) is 9.59 Å². The van der Waals surface area contributed by atoms with Gasteiger partial charge in [-0.05, 0) is 12.8 Å². The monoisotopic (exact) mass is 524 g/mol. The predicted molar refractivity (Wildman–Crippen MR) is 112 cm³/mol. The van der Waals surface area contributed by atoms with Gasteiger partial charge in [-0.15, -0.1) is 0 Å². The van der Waals surface area contributed by atoms with Crippen molar-refractivity contribution in [2.75, 3.05) is 13.2 Å². The summed E-state index contributed by atoms with van der Waals surface area (Å²) in [5, 5.41) is 36.3. The molecule has 0 aliphatic rings. The molecule has 0 aromatic carbocycles. The van der Waals surface area contributed by atoms with Gasteiger partial charge in [0, 0.05) is 24.0 Å². The third kappa shape index (κ3) is 25.2. The van der Waals surface area contributed by atoms with Gasteiger partial charge in [0.1, 0.15) is 11.6 Å². The molecule has 0 fully saturated rings. The molecule has 0 saturated carbocycles. The van der Waals surface area contributed by atoms with Crippen molar-refractivity contribution in [1.29, 1.82) is 0 Å². The summed E-state index contributed by atoms with van der Waals surface area (Å²) in [6, 6.07) is 0. The fourth-order valence-corrected chi connectivity index (χ4v) is 1.51. The van der Waals surface area contributed by atoms with Crippen molar-refractivity contribution >= 4 is 23.5 Å². The molecule has 0 aliphatic carbocycles. The van der Waals surface area contributed by atoms with Crippen molar-refractivity contribution in [2.45, 2.75) is 82.1 Å². The largest absolute Gasteiger partial charge is 2.00 e. The Hall–Kier alpha value is -0.917. The quantitative estimate of drug-likeness (QED) is 0.481. The molecule has 182 valence electrons. The second-order valence-electron chi connectivity index (χ2n) is 8.76. The van der Waals surface area contributed by atoms with Gasteiger partial charge < -0.3 is 30.0 Å². The molecular formula is C22H42O8Zr. The number of carboxylic acid groups (broad SMARTS) is 2. The number of aliphatic hydroxyl groups excluding tert-OH is 2. The molecule has 31 heavy (non-hydrogen) atoms. The zero-order valence-electron chi connectivity index (χ0n) is 20.8. The van der Waals surface area contributed by atoms with Gasteiger partial charge in [0.2, 0.25) is 0 Å². The number of hydrogen-bond donors (Lipinski definition) is 2. The Morgan fingerprint density at radius 3 is 0.871 bits per heavy atom. The Labute approximate surface area is 206 Å². The van der Waals surface area contributed by atoms with Gasteiger partial charge in [-0.25, -0.2) is 0 Å². The molecule has 0 aliphatic heterocycles. The molecule has 2 N–H and O–H groups in total. The van der Waals surface area contributed by atoms with Crippen LogP contribution in [0.15, 0.2) is 0 Å². The minimum atomic E-state index is -1.30. The van der Waals surface area contributed by atoms with Crippen LogP contribution in [0.5, 0.6) is 0 Å². The van der Waals surface area contributed by atoms with E-state index in [2.05, 4.69) is 0 Å². The molecule has 0 rings (SSSR count). The Kier molecular flexibility index (Phi) is 27.3. The molecule has 0 saturated heterocycles. The second-order valence-corrected chi connectivity index (χ2v) is 8.76. The van der Waals surface area contributed by atoms with E-state index in [1.54, 1.807) is 41.5 Å². The number of hydrogen-bond acceptors (Lipinski definition) is 8. The van der Waals surface area contributed by atoms with Crippen molar-refractivity contribution in [3.8, 4) is 0 Å². The Morgan fingerprint density at radius 1 is 0.677 bits per heavy atom. The maximum absolute atomic E-state index is 11.2. The SMILES string of the molecule is CC(C(=O)[O-])C(=O)C(C)(C)C.CC(C(=O)[O-])C(=O)C(C)(C)C.CCCO.CCCO.[Zr+2]. The second kappa shape index (κ2) is 21.0. The Morgan fingerprint density at radius 2 is 0.839 bits per heavy atom. The minimum Gasteiger partial charge on any atom is -0.549 e. The number of Topliss-reactive ketones (excluding diaryl/α,β-unsaturated/α-hetero) is 2. The van der Waals surface area contributed by atoms with Crippen LogP contribution in [0.4, 0.5) is 0 Å². The summed E-state index contributed by atoms with van der Waals surface area (Å²) in [4.78, 5) is 42.9. The first-order valence-electron chi connectivity index (χ1n) is 10.1. The summed E-state index contributed by atoms with van der Waals surface area (Å²) in [6.07, 6.45) is 1.75. The van der Waals surface area contributed by atoms with Gasteiger partial charge in [0.25, 0.3) is 0 Å². The van der Waals surface area contributed by atoms with Crippen molar-refractivity contribution in [3.63, 3.8) is 0 Å². The van der Waals surface area contributed by atoms with Crippen LogP contribution >= 0.6 is 0 Å². The number of ketones is 2. The van der Waals surface area contributed by atoms with Crippen LogP contribution in [0.3, 0.4) is 0 Å². The number of carbonyl (C=O) groups is 4. The van der Waals surface area contributed by atoms with Crippen LogP contribution in [0.2, 0.25) is 0 Å². The zero-order valence-corrected chi connectivity index (χ0v) is 23.3. The topological polar surface area (TPSA) is 155 Å². The predicted octanol–water partition coefficient (Wildman–Crippen LogP) is 0.750. The minimum absolute atomic E-state index is 0. The molecule has 0 bridgehead atoms. The van der Waals surface area contributed by atoms with Crippen molar-refractivity contribution < 1.29 is 65.8 Å². The maximum Gasteiger partial charge on any atom is 2.00 e. The number of rotatable bonds is 6. The first kappa shape index (κ1) is 40.4. The van der Waals surface area contributed by atoms with Gasteiger partial charge in [0.15, 0.2) is 0 Å². The molecule has 8 nitrogen and oxygen atoms in total. The summed E-state index contributed by atoms with van der Waals surface area (Å²) in [6.45, 7) is 17.3. The molecule has 0 aromatic heterocycles. The van der Waals surface area contributed by atoms with Crippen molar-refractivity contribution in [3.05, 3.63) is 0 Å². The first-order valence-corrected chi connectivity index (χ1v) is 10.1. The summed E-state index contributed by atoms with van der Waals surface area (Å²) in [5.74, 6) is -5.20. The van der Waals surface area contributed by atoms with E-state index in [9.17, 15) is 29.4 Å². The van der Waals surface area contributed by atoms with E-state index in [1.807, 2.05) is 13.8 Å². The molecule has 0 heterocycles. The average molecular weight is 526 g/mol. The number of carboxylic acids is 2. The fourth-order valence-electron chi connectivity index (χ4n) is 1.51. The van der Waals surface area contributed by atoms with E-state index in [1.165, 1.54) is 13.8 Å². The number of carbonyl (C=O) groups excluding carboxylic acids is 4. The molecule has 0 spiro atoms. The number of aliphatic hydroxyl groups is 2. The maximum atomic E-state index is 11.2. The molecule has 9 heteroatoms. The third-order valence-electron chi connectivity index (χ3n) is 3.42. The Balaban J connectivity index is -0.000000106. The Bertz CT molecular complexity index is 455. The summed E-state index contributed by atoms with van der Waals surface area (Å²) >= 11 is 0.